The van der Waals surface area contributed by atoms with Crippen molar-refractivity contribution in [3.05, 3.63) is 17.5 Å². The van der Waals surface area contributed by atoms with Crippen LogP contribution in [0.25, 0.3) is 0 Å². The molecule has 4 heteroatoms. The van der Waals surface area contributed by atoms with E-state index in [0.29, 0.717) is 12.5 Å². The second-order valence-corrected chi connectivity index (χ2v) is 3.76. The van der Waals surface area contributed by atoms with Crippen molar-refractivity contribution in [3.63, 3.8) is 0 Å². The highest BCUT2D eigenvalue weighted by Crippen LogP contribution is 2.36. The number of carbonyl (C=O) groups excluding carboxylic acids is 1. The van der Waals surface area contributed by atoms with Crippen LogP contribution in [0.4, 0.5) is 0 Å². The molecule has 0 unspecified atom stereocenters. The van der Waals surface area contributed by atoms with Crippen molar-refractivity contribution < 1.29 is 9.32 Å². The van der Waals surface area contributed by atoms with E-state index in [4.69, 9.17) is 4.52 Å². The van der Waals surface area contributed by atoms with Crippen LogP contribution >= 0.6 is 0 Å². The lowest BCUT2D eigenvalue weighted by Gasteiger charge is -2.21. The Morgan fingerprint density at radius 2 is 2.11 bits per heavy atom. The van der Waals surface area contributed by atoms with Gasteiger partial charge in [0.25, 0.3) is 0 Å². The molecule has 0 bridgehead atoms. The fraction of sp³-hybridized carbons (Fsp3) is 0.571. The molecule has 2 rings (SSSR count). The summed E-state index contributed by atoms with van der Waals surface area (Å²) in [5.41, 5.74) is 0.808. The van der Waals surface area contributed by atoms with Crippen LogP contribution in [0, 0.1) is 12.8 Å². The van der Waals surface area contributed by atoms with Gasteiger partial charge >= 0.3 is 0 Å². The smallest absolute Gasteiger partial charge is 0.217 e. The fourth-order valence-corrected chi connectivity index (χ4v) is 1.51. The molecule has 1 aliphatic rings. The highest BCUT2D eigenvalue weighted by atomic mass is 16.5. The predicted molar refractivity (Wildman–Crippen MR) is 71.9 cm³/mol. The van der Waals surface area contributed by atoms with Crippen LogP contribution in [-0.2, 0) is 11.3 Å². The molecule has 1 heterocycles. The molecule has 0 saturated heterocycles. The van der Waals surface area contributed by atoms with E-state index in [1.54, 1.807) is 0 Å². The molecule has 0 spiro atoms. The molecule has 100 valence electrons. The summed E-state index contributed by atoms with van der Waals surface area (Å²) < 4.78 is 5.20. The summed E-state index contributed by atoms with van der Waals surface area (Å²) in [5, 5.41) is 6.59. The lowest BCUT2D eigenvalue weighted by atomic mass is 9.83. The van der Waals surface area contributed by atoms with Crippen molar-refractivity contribution in [3.8, 4) is 12.8 Å². The van der Waals surface area contributed by atoms with Crippen molar-refractivity contribution >= 4 is 5.91 Å². The molecule has 0 aliphatic heterocycles. The van der Waals surface area contributed by atoms with Gasteiger partial charge in [-0.25, -0.2) is 0 Å². The van der Waals surface area contributed by atoms with E-state index in [2.05, 4.69) is 23.3 Å². The third-order valence-electron chi connectivity index (χ3n) is 2.60. The Kier molecular flexibility index (Phi) is 8.38. The normalized spacial score (nSPS) is 13.2. The van der Waals surface area contributed by atoms with E-state index in [9.17, 15) is 4.79 Å². The number of nitrogens with one attached hydrogen (secondary N) is 1. The largest absolute Gasteiger partial charge is 0.361 e. The van der Waals surface area contributed by atoms with Gasteiger partial charge in [0, 0.05) is 18.9 Å². The fourth-order valence-electron chi connectivity index (χ4n) is 1.51. The van der Waals surface area contributed by atoms with Crippen molar-refractivity contribution in [1.29, 1.82) is 0 Å². The maximum absolute atomic E-state index is 10.7. The van der Waals surface area contributed by atoms with E-state index in [1.165, 1.54) is 26.2 Å². The van der Waals surface area contributed by atoms with Crippen LogP contribution < -0.4 is 5.32 Å². The minimum atomic E-state index is -0.0433. The number of nitrogens with zero attached hydrogens (tertiary/aromatic N) is 1. The molecular weight excluding hydrogens is 228 g/mol. The van der Waals surface area contributed by atoms with Gasteiger partial charge in [-0.3, -0.25) is 4.79 Å². The third kappa shape index (κ3) is 5.05. The van der Waals surface area contributed by atoms with E-state index in [1.807, 2.05) is 19.9 Å². The first kappa shape index (κ1) is 16.2. The van der Waals surface area contributed by atoms with Crippen molar-refractivity contribution in [2.45, 2.75) is 52.5 Å². The Bertz CT molecular complexity index is 365. The summed E-state index contributed by atoms with van der Waals surface area (Å²) in [4.78, 5) is 10.7. The molecule has 0 aromatic carbocycles. The molecule has 1 saturated carbocycles. The maximum atomic E-state index is 10.7. The second kappa shape index (κ2) is 9.29. The van der Waals surface area contributed by atoms with Crippen LogP contribution in [0.1, 0.15) is 57.4 Å². The molecule has 1 fully saturated rings. The van der Waals surface area contributed by atoms with Gasteiger partial charge in [0.05, 0.1) is 6.54 Å². The predicted octanol–water partition coefficient (Wildman–Crippen LogP) is 2.85. The SMILES string of the molecule is C#C.CC.CC(=O)NCc1cc(C2CCC2)on1. The molecule has 1 aromatic heterocycles. The Hall–Kier alpha value is -1.76. The number of rotatable bonds is 3. The molecule has 1 amide bonds. The number of amides is 1. The number of terminal acetylenes is 1. The zero-order valence-corrected chi connectivity index (χ0v) is 11.4. The third-order valence-corrected chi connectivity index (χ3v) is 2.60. The molecule has 0 atom stereocenters. The second-order valence-electron chi connectivity index (χ2n) is 3.76. The van der Waals surface area contributed by atoms with E-state index >= 15 is 0 Å². The van der Waals surface area contributed by atoms with Crippen molar-refractivity contribution in [2.24, 2.45) is 0 Å². The van der Waals surface area contributed by atoms with E-state index in [0.717, 1.165) is 11.5 Å². The maximum Gasteiger partial charge on any atom is 0.217 e. The summed E-state index contributed by atoms with van der Waals surface area (Å²) in [6.45, 7) is 5.96. The Labute approximate surface area is 109 Å². The first-order valence-electron chi connectivity index (χ1n) is 6.29. The number of aromatic nitrogens is 1. The molecule has 0 radical (unpaired) electrons. The van der Waals surface area contributed by atoms with Gasteiger partial charge in [-0.05, 0) is 12.8 Å². The zero-order valence-electron chi connectivity index (χ0n) is 11.4. The van der Waals surface area contributed by atoms with E-state index in [-0.39, 0.29) is 5.91 Å². The van der Waals surface area contributed by atoms with Gasteiger partial charge in [-0.2, -0.15) is 0 Å². The van der Waals surface area contributed by atoms with Gasteiger partial charge in [0.15, 0.2) is 0 Å². The summed E-state index contributed by atoms with van der Waals surface area (Å²) >= 11 is 0. The number of carbonyl (C=O) groups is 1. The average molecular weight is 250 g/mol. The van der Waals surface area contributed by atoms with Crippen LogP contribution in [-0.4, -0.2) is 11.1 Å². The van der Waals surface area contributed by atoms with Gasteiger partial charge in [0.2, 0.25) is 5.91 Å². The van der Waals surface area contributed by atoms with Gasteiger partial charge < -0.3 is 9.84 Å². The van der Waals surface area contributed by atoms with Gasteiger partial charge in [-0.15, -0.1) is 12.8 Å². The number of hydrogen-bond donors (Lipinski definition) is 1. The van der Waals surface area contributed by atoms with Crippen LogP contribution in [0.2, 0.25) is 0 Å². The summed E-state index contributed by atoms with van der Waals surface area (Å²) in [7, 11) is 0. The van der Waals surface area contributed by atoms with Crippen molar-refractivity contribution in [2.75, 3.05) is 0 Å². The minimum Gasteiger partial charge on any atom is -0.361 e. The van der Waals surface area contributed by atoms with Crippen molar-refractivity contribution in [1.82, 2.24) is 10.5 Å². The molecule has 18 heavy (non-hydrogen) atoms. The Balaban J connectivity index is 0.000000659. The summed E-state index contributed by atoms with van der Waals surface area (Å²) in [5.74, 6) is 1.49. The quantitative estimate of drug-likeness (QED) is 0.839. The summed E-state index contributed by atoms with van der Waals surface area (Å²) in [6.07, 6.45) is 11.7. The van der Waals surface area contributed by atoms with Crippen LogP contribution in [0.15, 0.2) is 10.6 Å². The standard InChI is InChI=1S/C10H14N2O2.C2H6.C2H2/c1-7(13)11-6-9-5-10(14-12-9)8-3-2-4-8;2*1-2/h5,8H,2-4,6H2,1H3,(H,11,13);1-2H3;1-2H. The van der Waals surface area contributed by atoms with Gasteiger partial charge in [-0.1, -0.05) is 25.4 Å². The lowest BCUT2D eigenvalue weighted by molar-refractivity contribution is -0.119. The highest BCUT2D eigenvalue weighted by Gasteiger charge is 2.23. The molecule has 1 aliphatic carbocycles. The first-order valence-corrected chi connectivity index (χ1v) is 6.29. The number of hydrogen-bond acceptors (Lipinski definition) is 3. The lowest BCUT2D eigenvalue weighted by Crippen LogP contribution is -2.18. The highest BCUT2D eigenvalue weighted by molar-refractivity contribution is 5.72. The van der Waals surface area contributed by atoms with Gasteiger partial charge in [0.1, 0.15) is 11.5 Å². The Morgan fingerprint density at radius 3 is 2.56 bits per heavy atom. The molecule has 1 aromatic rings. The molecule has 4 nitrogen and oxygen atoms in total. The molecular formula is C14H22N2O2. The van der Waals surface area contributed by atoms with Crippen LogP contribution in [0.3, 0.4) is 0 Å². The molecule has 1 N–H and O–H groups in total. The topological polar surface area (TPSA) is 55.1 Å². The summed E-state index contributed by atoms with van der Waals surface area (Å²) in [6, 6.07) is 1.94. The minimum absolute atomic E-state index is 0.0433. The van der Waals surface area contributed by atoms with Crippen LogP contribution in [0.5, 0.6) is 0 Å². The monoisotopic (exact) mass is 250 g/mol. The first-order chi connectivity index (χ1) is 8.75. The Morgan fingerprint density at radius 1 is 1.50 bits per heavy atom. The van der Waals surface area contributed by atoms with E-state index < -0.39 is 0 Å². The average Bonchev–Trinajstić information content (AvgIpc) is 2.78. The zero-order chi connectivity index (χ0) is 14.0.